The van der Waals surface area contributed by atoms with E-state index < -0.39 is 0 Å². The lowest BCUT2D eigenvalue weighted by Crippen LogP contribution is -1.65. The third-order valence-electron chi connectivity index (χ3n) is 0.971. The molecular formula is C6H9N5. The summed E-state index contributed by atoms with van der Waals surface area (Å²) in [6.45, 7) is 1.97. The van der Waals surface area contributed by atoms with Crippen LogP contribution in [0.3, 0.4) is 0 Å². The van der Waals surface area contributed by atoms with Gasteiger partial charge in [0.1, 0.15) is 12.7 Å². The van der Waals surface area contributed by atoms with Crippen LogP contribution in [0.2, 0.25) is 0 Å². The molecule has 0 unspecified atom stereocenters. The quantitative estimate of drug-likeness (QED) is 0.576. The molecule has 2 aromatic heterocycles. The average Bonchev–Trinajstić information content (AvgIpc) is 2.57. The van der Waals surface area contributed by atoms with Gasteiger partial charge in [-0.2, -0.15) is 10.2 Å². The van der Waals surface area contributed by atoms with Crippen molar-refractivity contribution in [2.24, 2.45) is 0 Å². The number of nitrogens with zero attached hydrogens (tertiary/aromatic N) is 3. The first-order valence-electron chi connectivity index (χ1n) is 3.14. The van der Waals surface area contributed by atoms with Gasteiger partial charge in [0.25, 0.3) is 0 Å². The molecule has 0 spiro atoms. The largest absolute Gasteiger partial charge is 0.283 e. The first kappa shape index (κ1) is 7.46. The van der Waals surface area contributed by atoms with E-state index in [4.69, 9.17) is 0 Å². The second-order valence-electron chi connectivity index (χ2n) is 1.89. The van der Waals surface area contributed by atoms with E-state index in [9.17, 15) is 0 Å². The third kappa shape index (κ3) is 3.14. The normalized spacial score (nSPS) is 8.45. The van der Waals surface area contributed by atoms with Gasteiger partial charge in [0, 0.05) is 11.9 Å². The van der Waals surface area contributed by atoms with E-state index in [1.807, 2.05) is 13.0 Å². The van der Waals surface area contributed by atoms with E-state index in [1.165, 1.54) is 12.7 Å². The zero-order valence-corrected chi connectivity index (χ0v) is 6.15. The predicted octanol–water partition coefficient (Wildman–Crippen LogP) is 0.523. The maximum absolute atomic E-state index is 3.70. The molecule has 0 aliphatic carbocycles. The van der Waals surface area contributed by atoms with Crippen LogP contribution in [0.5, 0.6) is 0 Å². The number of hydrogen-bond acceptors (Lipinski definition) is 3. The Kier molecular flexibility index (Phi) is 2.85. The molecule has 0 saturated carbocycles. The van der Waals surface area contributed by atoms with Crippen LogP contribution < -0.4 is 0 Å². The van der Waals surface area contributed by atoms with Crippen LogP contribution in [-0.4, -0.2) is 25.4 Å². The summed E-state index contributed by atoms with van der Waals surface area (Å²) in [5.74, 6) is 0. The number of aromatic nitrogens is 5. The van der Waals surface area contributed by atoms with E-state index in [-0.39, 0.29) is 0 Å². The van der Waals surface area contributed by atoms with E-state index in [0.717, 1.165) is 5.69 Å². The fraction of sp³-hybridized carbons (Fsp3) is 0.167. The number of hydrogen-bond donors (Lipinski definition) is 2. The van der Waals surface area contributed by atoms with Crippen LogP contribution in [0.15, 0.2) is 24.9 Å². The summed E-state index contributed by atoms with van der Waals surface area (Å²) in [7, 11) is 0. The molecule has 58 valence electrons. The second kappa shape index (κ2) is 4.21. The van der Waals surface area contributed by atoms with Gasteiger partial charge in [0.05, 0.1) is 0 Å². The predicted molar refractivity (Wildman–Crippen MR) is 39.7 cm³/mol. The minimum absolute atomic E-state index is 1.11. The van der Waals surface area contributed by atoms with E-state index >= 15 is 0 Å². The van der Waals surface area contributed by atoms with Crippen molar-refractivity contribution in [1.29, 1.82) is 0 Å². The highest BCUT2D eigenvalue weighted by atomic mass is 15.2. The Morgan fingerprint density at radius 3 is 2.45 bits per heavy atom. The highest BCUT2D eigenvalue weighted by Gasteiger charge is 1.73. The van der Waals surface area contributed by atoms with Gasteiger partial charge in [0.2, 0.25) is 0 Å². The molecule has 0 aliphatic rings. The van der Waals surface area contributed by atoms with Crippen molar-refractivity contribution in [2.45, 2.75) is 6.92 Å². The van der Waals surface area contributed by atoms with Crippen LogP contribution in [0.1, 0.15) is 5.69 Å². The average molecular weight is 151 g/mol. The molecule has 0 aliphatic heterocycles. The van der Waals surface area contributed by atoms with Gasteiger partial charge in [-0.3, -0.25) is 10.2 Å². The van der Waals surface area contributed by atoms with Crippen LogP contribution in [0.25, 0.3) is 0 Å². The SMILES string of the molecule is Cc1ccn[nH]1.c1nc[nH]n1. The van der Waals surface area contributed by atoms with Crippen molar-refractivity contribution in [3.05, 3.63) is 30.6 Å². The van der Waals surface area contributed by atoms with Gasteiger partial charge in [-0.25, -0.2) is 4.98 Å². The smallest absolute Gasteiger partial charge is 0.137 e. The van der Waals surface area contributed by atoms with Gasteiger partial charge >= 0.3 is 0 Å². The molecule has 0 bridgehead atoms. The summed E-state index contributed by atoms with van der Waals surface area (Å²) in [5.41, 5.74) is 1.11. The molecule has 2 heterocycles. The summed E-state index contributed by atoms with van der Waals surface area (Å²) < 4.78 is 0. The monoisotopic (exact) mass is 151 g/mol. The number of aryl methyl sites for hydroxylation is 1. The molecule has 5 heteroatoms. The standard InChI is InChI=1S/C4H6N2.C2H3N3/c1-4-2-3-5-6-4;1-3-2-5-4-1/h2-3H,1H3,(H,5,6);1-2H,(H,3,4,5). The molecule has 2 rings (SSSR count). The van der Waals surface area contributed by atoms with Gasteiger partial charge in [-0.15, -0.1) is 0 Å². The van der Waals surface area contributed by atoms with E-state index in [0.29, 0.717) is 0 Å². The van der Waals surface area contributed by atoms with Crippen LogP contribution >= 0.6 is 0 Å². The molecular weight excluding hydrogens is 142 g/mol. The molecule has 2 aromatic rings. The first-order chi connectivity index (χ1) is 5.39. The van der Waals surface area contributed by atoms with E-state index in [2.05, 4.69) is 25.4 Å². The Labute approximate surface area is 63.9 Å². The molecule has 0 aromatic carbocycles. The van der Waals surface area contributed by atoms with Crippen molar-refractivity contribution in [1.82, 2.24) is 25.4 Å². The summed E-state index contributed by atoms with van der Waals surface area (Å²) >= 11 is 0. The first-order valence-corrected chi connectivity index (χ1v) is 3.14. The Bertz CT molecular complexity index is 229. The third-order valence-corrected chi connectivity index (χ3v) is 0.971. The van der Waals surface area contributed by atoms with Crippen molar-refractivity contribution in [3.63, 3.8) is 0 Å². The van der Waals surface area contributed by atoms with Crippen molar-refractivity contribution in [3.8, 4) is 0 Å². The Morgan fingerprint density at radius 1 is 1.36 bits per heavy atom. The molecule has 0 fully saturated rings. The van der Waals surface area contributed by atoms with Gasteiger partial charge < -0.3 is 0 Å². The highest BCUT2D eigenvalue weighted by Crippen LogP contribution is 1.82. The molecule has 0 amide bonds. The van der Waals surface area contributed by atoms with Gasteiger partial charge in [-0.05, 0) is 13.0 Å². The van der Waals surface area contributed by atoms with Crippen LogP contribution in [0, 0.1) is 6.92 Å². The second-order valence-corrected chi connectivity index (χ2v) is 1.89. The minimum atomic E-state index is 1.11. The summed E-state index contributed by atoms with van der Waals surface area (Å²) in [6.07, 6.45) is 4.69. The lowest BCUT2D eigenvalue weighted by Gasteiger charge is -1.68. The molecule has 0 saturated heterocycles. The van der Waals surface area contributed by atoms with Gasteiger partial charge in [0.15, 0.2) is 0 Å². The van der Waals surface area contributed by atoms with Gasteiger partial charge in [-0.1, -0.05) is 0 Å². The molecule has 5 nitrogen and oxygen atoms in total. The van der Waals surface area contributed by atoms with Crippen LogP contribution in [-0.2, 0) is 0 Å². The Balaban J connectivity index is 0.000000112. The number of nitrogens with one attached hydrogen (secondary N) is 2. The molecule has 2 N–H and O–H groups in total. The summed E-state index contributed by atoms with van der Waals surface area (Å²) in [5, 5.41) is 12.4. The lowest BCUT2D eigenvalue weighted by atomic mass is 10.5. The molecule has 0 radical (unpaired) electrons. The topological polar surface area (TPSA) is 70.2 Å². The minimum Gasteiger partial charge on any atom is -0.283 e. The Morgan fingerprint density at radius 2 is 2.27 bits per heavy atom. The maximum atomic E-state index is 3.70. The van der Waals surface area contributed by atoms with Crippen molar-refractivity contribution < 1.29 is 0 Å². The van der Waals surface area contributed by atoms with E-state index in [1.54, 1.807) is 6.20 Å². The fourth-order valence-corrected chi connectivity index (χ4v) is 0.492. The highest BCUT2D eigenvalue weighted by molar-refractivity contribution is 4.91. The van der Waals surface area contributed by atoms with Crippen molar-refractivity contribution >= 4 is 0 Å². The number of rotatable bonds is 0. The lowest BCUT2D eigenvalue weighted by molar-refractivity contribution is 1.05. The molecule has 11 heavy (non-hydrogen) atoms. The Hall–Kier alpha value is -1.65. The number of aromatic amines is 2. The van der Waals surface area contributed by atoms with Crippen molar-refractivity contribution in [2.75, 3.05) is 0 Å². The molecule has 0 atom stereocenters. The van der Waals surface area contributed by atoms with Crippen LogP contribution in [0.4, 0.5) is 0 Å². The summed E-state index contributed by atoms with van der Waals surface area (Å²) in [6, 6.07) is 1.92. The summed E-state index contributed by atoms with van der Waals surface area (Å²) in [4.78, 5) is 3.56. The zero-order valence-electron chi connectivity index (χ0n) is 6.15. The zero-order chi connectivity index (χ0) is 7.94. The maximum Gasteiger partial charge on any atom is 0.137 e. The number of H-pyrrole nitrogens is 2. The fourth-order valence-electron chi connectivity index (χ4n) is 0.492.